The summed E-state index contributed by atoms with van der Waals surface area (Å²) < 4.78 is 2.04. The molecule has 1 aliphatic heterocycles. The minimum absolute atomic E-state index is 0.346. The molecule has 0 unspecified atom stereocenters. The zero-order valence-corrected chi connectivity index (χ0v) is 20.0. The summed E-state index contributed by atoms with van der Waals surface area (Å²) in [4.78, 5) is 36.6. The van der Waals surface area contributed by atoms with Crippen molar-refractivity contribution < 1.29 is 9.59 Å². The lowest BCUT2D eigenvalue weighted by molar-refractivity contribution is 0.0926. The first-order valence-corrected chi connectivity index (χ1v) is 12.1. The first-order valence-electron chi connectivity index (χ1n) is 12.1. The number of anilines is 1. The van der Waals surface area contributed by atoms with Gasteiger partial charge in [-0.05, 0) is 42.0 Å². The molecule has 0 fully saturated rings. The van der Waals surface area contributed by atoms with E-state index in [1.165, 1.54) is 4.90 Å². The Kier molecular flexibility index (Phi) is 4.72. The van der Waals surface area contributed by atoms with E-state index >= 15 is 0 Å². The second kappa shape index (κ2) is 8.26. The van der Waals surface area contributed by atoms with Crippen molar-refractivity contribution in [1.82, 2.24) is 9.55 Å². The van der Waals surface area contributed by atoms with Gasteiger partial charge < -0.3 is 4.57 Å². The third-order valence-electron chi connectivity index (χ3n) is 7.05. The minimum atomic E-state index is -0.363. The maximum atomic E-state index is 13.9. The van der Waals surface area contributed by atoms with Crippen molar-refractivity contribution in [3.8, 4) is 16.8 Å². The largest absolute Gasteiger partial charge is 0.308 e. The zero-order valence-electron chi connectivity index (χ0n) is 20.0. The highest BCUT2D eigenvalue weighted by Crippen LogP contribution is 2.42. The average molecular weight is 491 g/mol. The van der Waals surface area contributed by atoms with Gasteiger partial charge in [-0.1, -0.05) is 60.7 Å². The molecule has 6 aromatic rings. The van der Waals surface area contributed by atoms with Gasteiger partial charge in [0.2, 0.25) is 0 Å². The van der Waals surface area contributed by atoms with Crippen LogP contribution in [0.5, 0.6) is 0 Å². The molecule has 1 aliphatic rings. The van der Waals surface area contributed by atoms with Crippen LogP contribution in [-0.2, 0) is 0 Å². The Balaban J connectivity index is 1.58. The molecule has 38 heavy (non-hydrogen) atoms. The molecule has 3 heterocycles. The molecule has 6 nitrogen and oxygen atoms in total. The highest BCUT2D eigenvalue weighted by Gasteiger charge is 2.39. The Morgan fingerprint density at radius 3 is 2.26 bits per heavy atom. The fourth-order valence-electron chi connectivity index (χ4n) is 5.44. The van der Waals surface area contributed by atoms with Crippen molar-refractivity contribution in [3.05, 3.63) is 132 Å². The number of carbonyl (C=O) groups is 2. The average Bonchev–Trinajstić information content (AvgIpc) is 3.45. The third-order valence-corrected chi connectivity index (χ3v) is 7.05. The number of benzene rings is 4. The van der Waals surface area contributed by atoms with Crippen molar-refractivity contribution >= 4 is 45.0 Å². The second-order valence-corrected chi connectivity index (χ2v) is 9.04. The van der Waals surface area contributed by atoms with Crippen LogP contribution in [0.4, 0.5) is 11.4 Å². The molecule has 4 aromatic carbocycles. The number of amides is 2. The monoisotopic (exact) mass is 490 g/mol. The van der Waals surface area contributed by atoms with Crippen LogP contribution < -0.4 is 4.90 Å². The van der Waals surface area contributed by atoms with E-state index in [9.17, 15) is 9.59 Å². The molecule has 0 spiro atoms. The van der Waals surface area contributed by atoms with Crippen molar-refractivity contribution in [2.24, 2.45) is 0 Å². The summed E-state index contributed by atoms with van der Waals surface area (Å²) in [5, 5.41) is 1.99. The van der Waals surface area contributed by atoms with Crippen LogP contribution in [0.3, 0.4) is 0 Å². The molecule has 178 valence electrons. The fraction of sp³-hybridized carbons (Fsp3) is 0. The molecule has 0 saturated heterocycles. The molecule has 0 atom stereocenters. The van der Waals surface area contributed by atoms with Gasteiger partial charge in [0, 0.05) is 28.7 Å². The van der Waals surface area contributed by atoms with Gasteiger partial charge in [0.25, 0.3) is 11.8 Å². The van der Waals surface area contributed by atoms with Gasteiger partial charge in [-0.2, -0.15) is 0 Å². The van der Waals surface area contributed by atoms with Gasteiger partial charge >= 0.3 is 0 Å². The van der Waals surface area contributed by atoms with E-state index < -0.39 is 0 Å². The third kappa shape index (κ3) is 2.96. The minimum Gasteiger partial charge on any atom is -0.308 e. The highest BCUT2D eigenvalue weighted by molar-refractivity contribution is 6.35. The van der Waals surface area contributed by atoms with Crippen LogP contribution in [0.15, 0.2) is 109 Å². The Labute approximate surface area is 217 Å². The van der Waals surface area contributed by atoms with Crippen LogP contribution >= 0.6 is 0 Å². The van der Waals surface area contributed by atoms with Gasteiger partial charge in [-0.3, -0.25) is 14.6 Å². The van der Waals surface area contributed by atoms with E-state index in [2.05, 4.69) is 9.83 Å². The number of nitrogens with zero attached hydrogens (tertiary/aromatic N) is 4. The number of carbonyl (C=O) groups excluding carboxylic acids is 2. The van der Waals surface area contributed by atoms with E-state index in [1.54, 1.807) is 36.7 Å². The Morgan fingerprint density at radius 2 is 1.42 bits per heavy atom. The Bertz CT molecular complexity index is 1980. The van der Waals surface area contributed by atoms with Crippen molar-refractivity contribution in [3.63, 3.8) is 0 Å². The summed E-state index contributed by atoms with van der Waals surface area (Å²) >= 11 is 0. The number of para-hydroxylation sites is 3. The lowest BCUT2D eigenvalue weighted by atomic mass is 10.0. The van der Waals surface area contributed by atoms with Crippen LogP contribution in [0.1, 0.15) is 20.7 Å². The molecule has 0 aliphatic carbocycles. The lowest BCUT2D eigenvalue weighted by Gasteiger charge is -2.15. The molecule has 0 radical (unpaired) electrons. The summed E-state index contributed by atoms with van der Waals surface area (Å²) in [5.41, 5.74) is 5.64. The number of pyridine rings is 1. The maximum absolute atomic E-state index is 13.9. The highest BCUT2D eigenvalue weighted by atomic mass is 16.2. The van der Waals surface area contributed by atoms with Gasteiger partial charge in [-0.15, -0.1) is 0 Å². The molecule has 2 amide bonds. The SMILES string of the molecule is [C-]#[N+]c1ccncc1-c1cccc2c3ccccc3n(-c3cccc4c3C(=O)N(c3ccccc3)C4=O)c12. The Morgan fingerprint density at radius 1 is 0.684 bits per heavy atom. The standard InChI is InChI=1S/C32H18N4O2/c1-33-26-17-18-34-19-25(26)23-13-7-12-22-21-11-5-6-15-27(21)36(30(22)23)28-16-8-14-24-29(28)32(38)35(31(24)37)20-9-3-2-4-10-20/h2-19H. The second-order valence-electron chi connectivity index (χ2n) is 9.04. The van der Waals surface area contributed by atoms with Gasteiger partial charge in [-0.25, -0.2) is 9.74 Å². The summed E-state index contributed by atoms with van der Waals surface area (Å²) in [7, 11) is 0. The topological polar surface area (TPSA) is 59.6 Å². The molecule has 0 saturated carbocycles. The summed E-state index contributed by atoms with van der Waals surface area (Å²) in [5.74, 6) is -0.708. The first-order chi connectivity index (χ1) is 18.7. The number of hydrogen-bond acceptors (Lipinski definition) is 3. The van der Waals surface area contributed by atoms with E-state index in [0.29, 0.717) is 33.8 Å². The van der Waals surface area contributed by atoms with Crippen molar-refractivity contribution in [2.45, 2.75) is 0 Å². The quantitative estimate of drug-likeness (QED) is 0.195. The van der Waals surface area contributed by atoms with Crippen molar-refractivity contribution in [1.29, 1.82) is 0 Å². The zero-order chi connectivity index (χ0) is 25.8. The summed E-state index contributed by atoms with van der Waals surface area (Å²) in [6, 6.07) is 30.0. The van der Waals surface area contributed by atoms with Crippen molar-refractivity contribution in [2.75, 3.05) is 4.90 Å². The smallest absolute Gasteiger partial charge is 0.268 e. The van der Waals surface area contributed by atoms with Gasteiger partial charge in [0.15, 0.2) is 5.69 Å². The van der Waals surface area contributed by atoms with Crippen LogP contribution in [-0.4, -0.2) is 21.4 Å². The van der Waals surface area contributed by atoms with E-state index in [4.69, 9.17) is 6.57 Å². The molecular formula is C32H18N4O2. The number of fused-ring (bicyclic) bond motifs is 4. The lowest BCUT2D eigenvalue weighted by Crippen LogP contribution is -2.29. The molecule has 0 bridgehead atoms. The van der Waals surface area contributed by atoms with E-state index in [-0.39, 0.29) is 11.8 Å². The van der Waals surface area contributed by atoms with Gasteiger partial charge in [0.1, 0.15) is 0 Å². The van der Waals surface area contributed by atoms with Crippen LogP contribution in [0.2, 0.25) is 0 Å². The van der Waals surface area contributed by atoms with E-state index in [0.717, 1.165) is 27.4 Å². The molecule has 7 rings (SSSR count). The predicted molar refractivity (Wildman–Crippen MR) is 148 cm³/mol. The summed E-state index contributed by atoms with van der Waals surface area (Å²) in [6.45, 7) is 7.72. The molecule has 0 N–H and O–H groups in total. The van der Waals surface area contributed by atoms with E-state index in [1.807, 2.05) is 77.4 Å². The predicted octanol–water partition coefficient (Wildman–Crippen LogP) is 7.20. The molecular weight excluding hydrogens is 472 g/mol. The summed E-state index contributed by atoms with van der Waals surface area (Å²) in [6.07, 6.45) is 3.31. The normalized spacial score (nSPS) is 12.8. The number of rotatable bonds is 3. The first kappa shape index (κ1) is 21.7. The van der Waals surface area contributed by atoms with Gasteiger partial charge in [0.05, 0.1) is 40.1 Å². The fourth-order valence-corrected chi connectivity index (χ4v) is 5.44. The number of aromatic nitrogens is 2. The maximum Gasteiger partial charge on any atom is 0.268 e. The molecule has 2 aromatic heterocycles. The Hall–Kier alpha value is -5.54. The number of hydrogen-bond donors (Lipinski definition) is 0. The molecule has 6 heteroatoms. The van der Waals surface area contributed by atoms with Crippen LogP contribution in [0.25, 0.3) is 43.5 Å². The van der Waals surface area contributed by atoms with Crippen LogP contribution in [0, 0.1) is 6.57 Å². The number of imide groups is 1.